The first kappa shape index (κ1) is 25.0. The van der Waals surface area contributed by atoms with Crippen molar-refractivity contribution in [3.63, 3.8) is 0 Å². The lowest BCUT2D eigenvalue weighted by molar-refractivity contribution is 0.479. The molecular weight excluding hydrogens is 456 g/mol. The maximum atomic E-state index is 12.6. The van der Waals surface area contributed by atoms with Crippen LogP contribution < -0.4 is 0 Å². The second-order valence-corrected chi connectivity index (χ2v) is 13.6. The van der Waals surface area contributed by atoms with Crippen LogP contribution in [0.1, 0.15) is 24.0 Å². The van der Waals surface area contributed by atoms with E-state index in [1.807, 2.05) is 0 Å². The van der Waals surface area contributed by atoms with Gasteiger partial charge in [0.05, 0.1) is 32.8 Å². The highest BCUT2D eigenvalue weighted by atomic mass is 32.2. The molecule has 0 aromatic heterocycles. The fraction of sp³-hybridized carbons (Fsp3) is 0.571. The van der Waals surface area contributed by atoms with Gasteiger partial charge in [-0.2, -0.15) is 16.8 Å². The molecule has 162 valence electrons. The average Bonchev–Trinajstić information content (AvgIpc) is 2.46. The summed E-state index contributed by atoms with van der Waals surface area (Å²) in [6.07, 6.45) is -0.868. The van der Waals surface area contributed by atoms with Crippen molar-refractivity contribution < 1.29 is 42.8 Å². The summed E-state index contributed by atoms with van der Waals surface area (Å²) in [6.45, 7) is 3.14. The van der Waals surface area contributed by atoms with Gasteiger partial charge in [-0.05, 0) is 49.9 Å². The molecule has 0 atom stereocenters. The lowest BCUT2D eigenvalue weighted by atomic mass is 10.1. The van der Waals surface area contributed by atoms with Crippen LogP contribution in [0.2, 0.25) is 0 Å². The highest BCUT2D eigenvalue weighted by Gasteiger charge is 2.28. The van der Waals surface area contributed by atoms with E-state index in [0.717, 1.165) is 12.1 Å². The highest BCUT2D eigenvalue weighted by molar-refractivity contribution is 7.94. The van der Waals surface area contributed by atoms with Gasteiger partial charge in [0.25, 0.3) is 20.2 Å². The van der Waals surface area contributed by atoms with Crippen LogP contribution in [0.5, 0.6) is 0 Å². The fourth-order valence-corrected chi connectivity index (χ4v) is 7.41. The Hall–Kier alpha value is -1.06. The summed E-state index contributed by atoms with van der Waals surface area (Å²) in [5, 5.41) is 0. The number of sulfone groups is 2. The van der Waals surface area contributed by atoms with E-state index in [2.05, 4.69) is 0 Å². The standard InChI is InChI=1S/C14H22O10S4/c1-11-9-13(25(15,16)5-3-7-27(19,20)21)14(10-12(11)2)26(17,18)6-4-8-28(22,23)24/h9-10H,3-8H2,1-2H3,(H,19,20,21)(H,22,23,24). The molecule has 1 rings (SSSR count). The van der Waals surface area contributed by atoms with Crippen molar-refractivity contribution >= 4 is 39.9 Å². The Kier molecular flexibility index (Phi) is 7.81. The van der Waals surface area contributed by atoms with Gasteiger partial charge in [-0.3, -0.25) is 9.11 Å². The molecule has 0 aliphatic rings. The number of aryl methyl sites for hydroxylation is 2. The Balaban J connectivity index is 3.31. The predicted molar refractivity (Wildman–Crippen MR) is 102 cm³/mol. The molecule has 0 saturated heterocycles. The molecule has 1 aromatic carbocycles. The molecule has 0 heterocycles. The summed E-state index contributed by atoms with van der Waals surface area (Å²) in [6, 6.07) is 2.32. The first-order valence-corrected chi connectivity index (χ1v) is 14.4. The third-order valence-electron chi connectivity index (χ3n) is 3.86. The number of rotatable bonds is 10. The lowest BCUT2D eigenvalue weighted by Crippen LogP contribution is -2.18. The molecule has 2 N–H and O–H groups in total. The topological polar surface area (TPSA) is 177 Å². The summed E-state index contributed by atoms with van der Waals surface area (Å²) >= 11 is 0. The minimum atomic E-state index is -4.37. The van der Waals surface area contributed by atoms with Crippen molar-refractivity contribution in [2.75, 3.05) is 23.0 Å². The zero-order valence-corrected chi connectivity index (χ0v) is 18.5. The van der Waals surface area contributed by atoms with Crippen molar-refractivity contribution in [3.8, 4) is 0 Å². The van der Waals surface area contributed by atoms with Gasteiger partial charge in [-0.15, -0.1) is 0 Å². The van der Waals surface area contributed by atoms with Gasteiger partial charge < -0.3 is 0 Å². The van der Waals surface area contributed by atoms with Gasteiger partial charge in [-0.1, -0.05) is 0 Å². The van der Waals surface area contributed by atoms with Crippen LogP contribution in [0, 0.1) is 13.8 Å². The molecular formula is C14H22O10S4. The van der Waals surface area contributed by atoms with Crippen molar-refractivity contribution in [1.82, 2.24) is 0 Å². The van der Waals surface area contributed by atoms with Crippen molar-refractivity contribution in [1.29, 1.82) is 0 Å². The summed E-state index contributed by atoms with van der Waals surface area (Å²) in [5.74, 6) is -3.01. The first-order valence-electron chi connectivity index (χ1n) is 7.92. The second-order valence-electron chi connectivity index (χ2n) is 6.30. The van der Waals surface area contributed by atoms with E-state index in [0.29, 0.717) is 11.1 Å². The molecule has 0 bridgehead atoms. The molecule has 1 aromatic rings. The van der Waals surface area contributed by atoms with Gasteiger partial charge >= 0.3 is 0 Å². The Morgan fingerprint density at radius 1 is 0.607 bits per heavy atom. The summed E-state index contributed by atoms with van der Waals surface area (Å²) in [5.41, 5.74) is 0.982. The maximum absolute atomic E-state index is 12.6. The fourth-order valence-electron chi connectivity index (χ4n) is 2.33. The van der Waals surface area contributed by atoms with E-state index in [4.69, 9.17) is 9.11 Å². The van der Waals surface area contributed by atoms with Gasteiger partial charge in [-0.25, -0.2) is 16.8 Å². The molecule has 0 aliphatic heterocycles. The quantitative estimate of drug-likeness (QED) is 0.447. The van der Waals surface area contributed by atoms with E-state index in [9.17, 15) is 33.7 Å². The Morgan fingerprint density at radius 2 is 0.893 bits per heavy atom. The smallest absolute Gasteiger partial charge is 0.264 e. The zero-order valence-electron chi connectivity index (χ0n) is 15.2. The van der Waals surface area contributed by atoms with E-state index >= 15 is 0 Å². The zero-order chi connectivity index (χ0) is 22.0. The number of hydrogen-bond donors (Lipinski definition) is 2. The second kappa shape index (κ2) is 8.75. The number of benzene rings is 1. The molecule has 0 radical (unpaired) electrons. The summed E-state index contributed by atoms with van der Waals surface area (Å²) < 4.78 is 111. The van der Waals surface area contributed by atoms with Crippen molar-refractivity contribution in [3.05, 3.63) is 23.3 Å². The van der Waals surface area contributed by atoms with E-state index in [1.54, 1.807) is 13.8 Å². The minimum Gasteiger partial charge on any atom is -0.286 e. The lowest BCUT2D eigenvalue weighted by Gasteiger charge is -2.14. The monoisotopic (exact) mass is 478 g/mol. The summed E-state index contributed by atoms with van der Waals surface area (Å²) in [7, 11) is -17.2. The van der Waals surface area contributed by atoms with E-state index < -0.39 is 85.6 Å². The van der Waals surface area contributed by atoms with Crippen molar-refractivity contribution in [2.24, 2.45) is 0 Å². The Morgan fingerprint density at radius 3 is 1.14 bits per heavy atom. The predicted octanol–water partition coefficient (Wildman–Crippen LogP) is 0.407. The third kappa shape index (κ3) is 7.75. The van der Waals surface area contributed by atoms with Gasteiger partial charge in [0.1, 0.15) is 0 Å². The third-order valence-corrected chi connectivity index (χ3v) is 9.27. The molecule has 14 heteroatoms. The molecule has 0 spiro atoms. The average molecular weight is 479 g/mol. The molecule has 10 nitrogen and oxygen atoms in total. The number of hydrogen-bond acceptors (Lipinski definition) is 8. The minimum absolute atomic E-state index is 0.434. The van der Waals surface area contributed by atoms with Gasteiger partial charge in [0.15, 0.2) is 19.7 Å². The SMILES string of the molecule is Cc1cc(S(=O)(=O)CCCS(=O)(=O)O)c(S(=O)(=O)CCCS(=O)(=O)O)cc1C. The molecule has 0 aliphatic carbocycles. The largest absolute Gasteiger partial charge is 0.286 e. The highest BCUT2D eigenvalue weighted by Crippen LogP contribution is 2.27. The Bertz CT molecular complexity index is 1050. The van der Waals surface area contributed by atoms with Crippen LogP contribution in [0.4, 0.5) is 0 Å². The van der Waals surface area contributed by atoms with Gasteiger partial charge in [0, 0.05) is 0 Å². The van der Waals surface area contributed by atoms with Crippen LogP contribution in [-0.2, 0) is 39.9 Å². The van der Waals surface area contributed by atoms with E-state index in [-0.39, 0.29) is 0 Å². The molecule has 0 fully saturated rings. The normalized spacial score (nSPS) is 13.6. The van der Waals surface area contributed by atoms with Crippen LogP contribution in [0.3, 0.4) is 0 Å². The van der Waals surface area contributed by atoms with E-state index in [1.165, 1.54) is 0 Å². The molecule has 0 unspecified atom stereocenters. The van der Waals surface area contributed by atoms with Crippen LogP contribution in [0.25, 0.3) is 0 Å². The van der Waals surface area contributed by atoms with Crippen LogP contribution >= 0.6 is 0 Å². The van der Waals surface area contributed by atoms with Crippen LogP contribution in [-0.4, -0.2) is 65.8 Å². The van der Waals surface area contributed by atoms with Gasteiger partial charge in [0.2, 0.25) is 0 Å². The molecule has 0 amide bonds. The first-order chi connectivity index (χ1) is 12.4. The molecule has 28 heavy (non-hydrogen) atoms. The Labute approximate surface area is 165 Å². The maximum Gasteiger partial charge on any atom is 0.264 e. The molecule has 0 saturated carbocycles. The summed E-state index contributed by atoms with van der Waals surface area (Å²) in [4.78, 5) is -1.03. The van der Waals surface area contributed by atoms with Crippen molar-refractivity contribution in [2.45, 2.75) is 36.5 Å². The van der Waals surface area contributed by atoms with Crippen LogP contribution in [0.15, 0.2) is 21.9 Å².